The highest BCUT2D eigenvalue weighted by Gasteiger charge is 2.08. The van der Waals surface area contributed by atoms with Gasteiger partial charge in [-0.1, -0.05) is 30.5 Å². The Kier molecular flexibility index (Phi) is 2.29. The van der Waals surface area contributed by atoms with Gasteiger partial charge in [0.05, 0.1) is 15.4 Å². The molecule has 0 fully saturated rings. The van der Waals surface area contributed by atoms with Crippen LogP contribution in [0.1, 0.15) is 0 Å². The van der Waals surface area contributed by atoms with E-state index >= 15 is 0 Å². The van der Waals surface area contributed by atoms with E-state index < -0.39 is 0 Å². The second kappa shape index (κ2) is 3.03. The Balaban J connectivity index is 2.92. The van der Waals surface area contributed by atoms with Crippen molar-refractivity contribution in [2.45, 2.75) is 0 Å². The van der Waals surface area contributed by atoms with Crippen molar-refractivity contribution in [3.05, 3.63) is 23.9 Å². The van der Waals surface area contributed by atoms with Crippen molar-refractivity contribution in [3.8, 4) is 0 Å². The monoisotopic (exact) mass is 169 g/mol. The molecule has 1 nitrogen and oxygen atoms in total. The zero-order valence-electron chi connectivity index (χ0n) is 5.55. The SMILES string of the molecule is CNC1=CC=CC(=S)C1=S. The second-order valence-corrected chi connectivity index (χ2v) is 2.73. The lowest BCUT2D eigenvalue weighted by Gasteiger charge is -2.09. The van der Waals surface area contributed by atoms with Crippen LogP contribution in [-0.4, -0.2) is 16.8 Å². The number of nitrogens with one attached hydrogen (secondary N) is 1. The Morgan fingerprint density at radius 3 is 2.60 bits per heavy atom. The van der Waals surface area contributed by atoms with Gasteiger partial charge in [0, 0.05) is 7.05 Å². The van der Waals surface area contributed by atoms with E-state index in [1.807, 2.05) is 25.3 Å². The molecule has 0 aromatic carbocycles. The molecule has 0 heterocycles. The van der Waals surface area contributed by atoms with Crippen LogP contribution < -0.4 is 5.32 Å². The van der Waals surface area contributed by atoms with E-state index in [4.69, 9.17) is 24.4 Å². The largest absolute Gasteiger partial charge is 0.387 e. The van der Waals surface area contributed by atoms with Crippen LogP contribution in [0.5, 0.6) is 0 Å². The molecule has 0 bridgehead atoms. The number of rotatable bonds is 1. The zero-order valence-corrected chi connectivity index (χ0v) is 7.18. The molecular weight excluding hydrogens is 162 g/mol. The maximum absolute atomic E-state index is 5.03. The second-order valence-electron chi connectivity index (χ2n) is 1.88. The molecule has 0 unspecified atom stereocenters. The molecule has 1 N–H and O–H groups in total. The van der Waals surface area contributed by atoms with E-state index in [0.29, 0.717) is 0 Å². The Hall–Kier alpha value is -0.540. The molecule has 3 heteroatoms. The molecule has 0 radical (unpaired) electrons. The fourth-order valence-electron chi connectivity index (χ4n) is 0.713. The summed E-state index contributed by atoms with van der Waals surface area (Å²) in [5, 5.41) is 2.97. The van der Waals surface area contributed by atoms with Crippen molar-refractivity contribution in [1.82, 2.24) is 5.32 Å². The number of hydrogen-bond donors (Lipinski definition) is 1. The molecule has 0 atom stereocenters. The molecule has 1 rings (SSSR count). The van der Waals surface area contributed by atoms with Crippen LogP contribution >= 0.6 is 24.4 Å². The Morgan fingerprint density at radius 1 is 1.40 bits per heavy atom. The van der Waals surface area contributed by atoms with E-state index in [2.05, 4.69) is 5.32 Å². The predicted molar refractivity (Wildman–Crippen MR) is 51.5 cm³/mol. The van der Waals surface area contributed by atoms with Crippen molar-refractivity contribution in [1.29, 1.82) is 0 Å². The summed E-state index contributed by atoms with van der Waals surface area (Å²) >= 11 is 9.99. The molecule has 0 aromatic rings. The number of hydrogen-bond acceptors (Lipinski definition) is 3. The molecule has 0 aromatic heterocycles. The summed E-state index contributed by atoms with van der Waals surface area (Å²) in [7, 11) is 1.83. The highest BCUT2D eigenvalue weighted by Crippen LogP contribution is 2.04. The third kappa shape index (κ3) is 1.30. The van der Waals surface area contributed by atoms with E-state index in [-0.39, 0.29) is 0 Å². The zero-order chi connectivity index (χ0) is 7.56. The summed E-state index contributed by atoms with van der Waals surface area (Å²) in [5.74, 6) is 0. The van der Waals surface area contributed by atoms with E-state index in [0.717, 1.165) is 15.4 Å². The summed E-state index contributed by atoms with van der Waals surface area (Å²) in [6.45, 7) is 0. The summed E-state index contributed by atoms with van der Waals surface area (Å²) < 4.78 is 0. The first-order chi connectivity index (χ1) is 4.75. The van der Waals surface area contributed by atoms with Crippen molar-refractivity contribution in [2.75, 3.05) is 7.05 Å². The Morgan fingerprint density at radius 2 is 2.10 bits per heavy atom. The number of thiocarbonyl (C=S) groups is 2. The van der Waals surface area contributed by atoms with Crippen LogP contribution in [0.4, 0.5) is 0 Å². The molecule has 1 aliphatic rings. The van der Waals surface area contributed by atoms with Gasteiger partial charge in [-0.05, 0) is 12.2 Å². The number of allylic oxidation sites excluding steroid dienone is 4. The Labute approximate surface area is 70.8 Å². The minimum atomic E-state index is 0.736. The first-order valence-electron chi connectivity index (χ1n) is 2.90. The third-order valence-electron chi connectivity index (χ3n) is 1.25. The van der Waals surface area contributed by atoms with Gasteiger partial charge in [-0.25, -0.2) is 0 Å². The molecule has 10 heavy (non-hydrogen) atoms. The van der Waals surface area contributed by atoms with Gasteiger partial charge in [-0.15, -0.1) is 0 Å². The van der Waals surface area contributed by atoms with Crippen LogP contribution in [0.25, 0.3) is 0 Å². The average molecular weight is 169 g/mol. The summed E-state index contributed by atoms with van der Waals surface area (Å²) in [4.78, 5) is 1.47. The van der Waals surface area contributed by atoms with Gasteiger partial charge in [0.15, 0.2) is 0 Å². The molecule has 0 amide bonds. The first-order valence-corrected chi connectivity index (χ1v) is 3.72. The molecule has 0 saturated heterocycles. The van der Waals surface area contributed by atoms with E-state index in [9.17, 15) is 0 Å². The standard InChI is InChI=1S/C7H7NS2/c1-8-5-3-2-4-6(9)7(5)10/h2-4,8H,1H3. The minimum Gasteiger partial charge on any atom is -0.387 e. The lowest BCUT2D eigenvalue weighted by atomic mass is 10.1. The van der Waals surface area contributed by atoms with Crippen molar-refractivity contribution >= 4 is 34.2 Å². The molecule has 52 valence electrons. The smallest absolute Gasteiger partial charge is 0.0788 e. The normalized spacial score (nSPS) is 17.1. The van der Waals surface area contributed by atoms with Crippen LogP contribution in [0.3, 0.4) is 0 Å². The van der Waals surface area contributed by atoms with Gasteiger partial charge in [0.25, 0.3) is 0 Å². The van der Waals surface area contributed by atoms with Crippen molar-refractivity contribution < 1.29 is 0 Å². The van der Waals surface area contributed by atoms with Crippen molar-refractivity contribution in [3.63, 3.8) is 0 Å². The van der Waals surface area contributed by atoms with Gasteiger partial charge >= 0.3 is 0 Å². The topological polar surface area (TPSA) is 12.0 Å². The van der Waals surface area contributed by atoms with Gasteiger partial charge in [-0.3, -0.25) is 0 Å². The average Bonchev–Trinajstić information content (AvgIpc) is 1.95. The van der Waals surface area contributed by atoms with E-state index in [1.165, 1.54) is 0 Å². The molecular formula is C7H7NS2. The van der Waals surface area contributed by atoms with Crippen LogP contribution in [0.15, 0.2) is 23.9 Å². The van der Waals surface area contributed by atoms with Crippen LogP contribution in [0, 0.1) is 0 Å². The highest BCUT2D eigenvalue weighted by molar-refractivity contribution is 7.90. The van der Waals surface area contributed by atoms with E-state index in [1.54, 1.807) is 0 Å². The fraction of sp³-hybridized carbons (Fsp3) is 0.143. The highest BCUT2D eigenvalue weighted by atomic mass is 32.1. The van der Waals surface area contributed by atoms with Gasteiger partial charge < -0.3 is 5.32 Å². The van der Waals surface area contributed by atoms with Crippen LogP contribution in [0.2, 0.25) is 0 Å². The van der Waals surface area contributed by atoms with Gasteiger partial charge in [0.2, 0.25) is 0 Å². The summed E-state index contributed by atoms with van der Waals surface area (Å²) in [6.07, 6.45) is 5.64. The fourth-order valence-corrected chi connectivity index (χ4v) is 1.14. The maximum atomic E-state index is 5.03. The van der Waals surface area contributed by atoms with Gasteiger partial charge in [-0.2, -0.15) is 0 Å². The molecule has 0 saturated carbocycles. The lowest BCUT2D eigenvalue weighted by molar-refractivity contribution is 1.06. The Bertz CT molecular complexity index is 238. The predicted octanol–water partition coefficient (Wildman–Crippen LogP) is 1.40. The molecule has 0 spiro atoms. The minimum absolute atomic E-state index is 0.736. The van der Waals surface area contributed by atoms with Gasteiger partial charge in [0.1, 0.15) is 0 Å². The molecule has 0 aliphatic heterocycles. The first kappa shape index (κ1) is 7.57. The summed E-state index contributed by atoms with van der Waals surface area (Å²) in [6, 6.07) is 0. The quantitative estimate of drug-likeness (QED) is 0.596. The lowest BCUT2D eigenvalue weighted by Crippen LogP contribution is -2.21. The van der Waals surface area contributed by atoms with Crippen molar-refractivity contribution in [2.24, 2.45) is 0 Å². The maximum Gasteiger partial charge on any atom is 0.0788 e. The third-order valence-corrected chi connectivity index (χ3v) is 2.16. The summed E-state index contributed by atoms with van der Waals surface area (Å²) in [5.41, 5.74) is 0.933. The molecule has 1 aliphatic carbocycles. The van der Waals surface area contributed by atoms with Crippen LogP contribution in [-0.2, 0) is 0 Å².